The molecule has 5 heteroatoms. The zero-order chi connectivity index (χ0) is 15.7. The number of amides is 1. The molecule has 1 fully saturated rings. The molecule has 1 amide bonds. The Balaban J connectivity index is 2.53. The molecule has 0 saturated heterocycles. The van der Waals surface area contributed by atoms with Gasteiger partial charge in [0.05, 0.1) is 6.54 Å². The quantitative estimate of drug-likeness (QED) is 0.631. The van der Waals surface area contributed by atoms with Gasteiger partial charge in [0, 0.05) is 32.3 Å². The van der Waals surface area contributed by atoms with Gasteiger partial charge in [0.1, 0.15) is 0 Å². The van der Waals surface area contributed by atoms with Crippen molar-refractivity contribution >= 4 is 5.91 Å². The van der Waals surface area contributed by atoms with Gasteiger partial charge in [0.15, 0.2) is 0 Å². The lowest BCUT2D eigenvalue weighted by Crippen LogP contribution is -2.58. The molecule has 0 aliphatic heterocycles. The van der Waals surface area contributed by atoms with Crippen LogP contribution in [-0.2, 0) is 9.53 Å². The molecule has 0 radical (unpaired) electrons. The number of carbonyl (C=O) groups excluding carboxylic acids is 1. The number of ether oxygens (including phenoxy) is 1. The molecular formula is C16H33N3O2. The number of hydrogen-bond acceptors (Lipinski definition) is 4. The molecule has 0 heterocycles. The van der Waals surface area contributed by atoms with Gasteiger partial charge in [-0.1, -0.05) is 26.7 Å². The maximum Gasteiger partial charge on any atom is 0.234 e. The average molecular weight is 299 g/mol. The van der Waals surface area contributed by atoms with Crippen LogP contribution in [0.15, 0.2) is 0 Å². The second-order valence-corrected chi connectivity index (χ2v) is 6.34. The minimum absolute atomic E-state index is 0.0102. The van der Waals surface area contributed by atoms with Crippen LogP contribution in [0.5, 0.6) is 0 Å². The van der Waals surface area contributed by atoms with E-state index in [4.69, 9.17) is 10.5 Å². The molecule has 0 bridgehead atoms. The van der Waals surface area contributed by atoms with Gasteiger partial charge in [-0.15, -0.1) is 0 Å². The largest absolute Gasteiger partial charge is 0.385 e. The van der Waals surface area contributed by atoms with Crippen LogP contribution in [0.1, 0.15) is 46.0 Å². The van der Waals surface area contributed by atoms with Crippen molar-refractivity contribution in [2.45, 2.75) is 51.5 Å². The standard InChI is InChI=1S/C16H33N3O2/c1-4-19(12-15(20)18-9-6-10-21-3)16(13-17)8-5-7-14(2)11-16/h14H,4-13,17H2,1-3H3,(H,18,20). The summed E-state index contributed by atoms with van der Waals surface area (Å²) in [7, 11) is 1.68. The summed E-state index contributed by atoms with van der Waals surface area (Å²) in [6.45, 7) is 7.74. The smallest absolute Gasteiger partial charge is 0.234 e. The second-order valence-electron chi connectivity index (χ2n) is 6.34. The van der Waals surface area contributed by atoms with Crippen molar-refractivity contribution in [3.05, 3.63) is 0 Å². The van der Waals surface area contributed by atoms with Gasteiger partial charge in [0.2, 0.25) is 5.91 Å². The molecule has 5 nitrogen and oxygen atoms in total. The van der Waals surface area contributed by atoms with Gasteiger partial charge in [0.25, 0.3) is 0 Å². The summed E-state index contributed by atoms with van der Waals surface area (Å²) < 4.78 is 4.99. The highest BCUT2D eigenvalue weighted by atomic mass is 16.5. The molecule has 2 atom stereocenters. The van der Waals surface area contributed by atoms with Crippen LogP contribution in [0.3, 0.4) is 0 Å². The zero-order valence-electron chi connectivity index (χ0n) is 14.0. The van der Waals surface area contributed by atoms with Crippen LogP contribution >= 0.6 is 0 Å². The Hall–Kier alpha value is -0.650. The third-order valence-electron chi connectivity index (χ3n) is 4.68. The first-order valence-corrected chi connectivity index (χ1v) is 8.28. The summed E-state index contributed by atoms with van der Waals surface area (Å²) in [4.78, 5) is 14.4. The number of nitrogens with one attached hydrogen (secondary N) is 1. The highest BCUT2D eigenvalue weighted by Crippen LogP contribution is 2.36. The Bertz CT molecular complexity index is 312. The summed E-state index contributed by atoms with van der Waals surface area (Å²) in [5.74, 6) is 0.792. The number of rotatable bonds is 9. The van der Waals surface area contributed by atoms with E-state index in [0.29, 0.717) is 32.2 Å². The van der Waals surface area contributed by atoms with Gasteiger partial charge in [-0.25, -0.2) is 0 Å². The Morgan fingerprint density at radius 3 is 2.86 bits per heavy atom. The lowest BCUT2D eigenvalue weighted by molar-refractivity contribution is -0.124. The Kier molecular flexibility index (Phi) is 8.22. The predicted molar refractivity (Wildman–Crippen MR) is 86.2 cm³/mol. The maximum absolute atomic E-state index is 12.1. The van der Waals surface area contributed by atoms with Crippen molar-refractivity contribution < 1.29 is 9.53 Å². The van der Waals surface area contributed by atoms with Gasteiger partial charge >= 0.3 is 0 Å². The first-order chi connectivity index (χ1) is 10.1. The average Bonchev–Trinajstić information content (AvgIpc) is 2.49. The number of methoxy groups -OCH3 is 1. The van der Waals surface area contributed by atoms with E-state index in [0.717, 1.165) is 25.8 Å². The SMILES string of the molecule is CCN(CC(=O)NCCCOC)C1(CN)CCCC(C)C1. The first kappa shape index (κ1) is 18.4. The molecule has 1 saturated carbocycles. The summed E-state index contributed by atoms with van der Waals surface area (Å²) in [6.07, 6.45) is 5.56. The molecule has 1 rings (SSSR count). The van der Waals surface area contributed by atoms with Gasteiger partial charge in [-0.05, 0) is 31.7 Å². The fraction of sp³-hybridized carbons (Fsp3) is 0.938. The number of hydrogen-bond donors (Lipinski definition) is 2. The van der Waals surface area contributed by atoms with E-state index >= 15 is 0 Å². The molecule has 2 unspecified atom stereocenters. The van der Waals surface area contributed by atoms with Crippen molar-refractivity contribution in [3.8, 4) is 0 Å². The summed E-state index contributed by atoms with van der Waals surface area (Å²) >= 11 is 0. The van der Waals surface area contributed by atoms with E-state index in [9.17, 15) is 4.79 Å². The van der Waals surface area contributed by atoms with Gasteiger partial charge in [-0.2, -0.15) is 0 Å². The second kappa shape index (κ2) is 9.38. The van der Waals surface area contributed by atoms with Crippen LogP contribution in [-0.4, -0.2) is 56.2 Å². The summed E-state index contributed by atoms with van der Waals surface area (Å²) in [5.41, 5.74) is 6.11. The highest BCUT2D eigenvalue weighted by Gasteiger charge is 2.38. The summed E-state index contributed by atoms with van der Waals surface area (Å²) in [5, 5.41) is 2.97. The van der Waals surface area contributed by atoms with Crippen LogP contribution in [0.2, 0.25) is 0 Å². The molecule has 0 aromatic heterocycles. The predicted octanol–water partition coefficient (Wildman–Crippen LogP) is 1.37. The highest BCUT2D eigenvalue weighted by molar-refractivity contribution is 5.78. The Morgan fingerprint density at radius 1 is 1.52 bits per heavy atom. The van der Waals surface area contributed by atoms with Crippen molar-refractivity contribution in [3.63, 3.8) is 0 Å². The lowest BCUT2D eigenvalue weighted by atomic mass is 9.75. The van der Waals surface area contributed by atoms with E-state index in [1.807, 2.05) is 0 Å². The molecule has 0 aromatic carbocycles. The van der Waals surface area contributed by atoms with Crippen molar-refractivity contribution in [1.29, 1.82) is 0 Å². The number of nitrogens with zero attached hydrogens (tertiary/aromatic N) is 1. The number of nitrogens with two attached hydrogens (primary N) is 1. The third kappa shape index (κ3) is 5.57. The zero-order valence-corrected chi connectivity index (χ0v) is 14.0. The Morgan fingerprint density at radius 2 is 2.29 bits per heavy atom. The van der Waals surface area contributed by atoms with E-state index in [1.165, 1.54) is 12.8 Å². The van der Waals surface area contributed by atoms with Crippen LogP contribution < -0.4 is 11.1 Å². The van der Waals surface area contributed by atoms with Gasteiger partial charge in [-0.3, -0.25) is 9.69 Å². The van der Waals surface area contributed by atoms with Crippen LogP contribution in [0.4, 0.5) is 0 Å². The van der Waals surface area contributed by atoms with Crippen molar-refractivity contribution in [2.75, 3.05) is 39.9 Å². The lowest BCUT2D eigenvalue weighted by Gasteiger charge is -2.47. The van der Waals surface area contributed by atoms with Gasteiger partial charge < -0.3 is 15.8 Å². The van der Waals surface area contributed by atoms with E-state index in [1.54, 1.807) is 7.11 Å². The molecule has 124 valence electrons. The minimum atomic E-state index is 0.0102. The maximum atomic E-state index is 12.1. The van der Waals surface area contributed by atoms with E-state index in [-0.39, 0.29) is 11.4 Å². The molecule has 1 aliphatic rings. The monoisotopic (exact) mass is 299 g/mol. The number of carbonyl (C=O) groups is 1. The summed E-state index contributed by atoms with van der Waals surface area (Å²) in [6, 6.07) is 0. The van der Waals surface area contributed by atoms with E-state index in [2.05, 4.69) is 24.1 Å². The van der Waals surface area contributed by atoms with Crippen LogP contribution in [0.25, 0.3) is 0 Å². The third-order valence-corrected chi connectivity index (χ3v) is 4.68. The van der Waals surface area contributed by atoms with Crippen molar-refractivity contribution in [1.82, 2.24) is 10.2 Å². The normalized spacial score (nSPS) is 26.0. The molecule has 3 N–H and O–H groups in total. The molecular weight excluding hydrogens is 266 g/mol. The first-order valence-electron chi connectivity index (χ1n) is 8.28. The molecule has 0 aromatic rings. The fourth-order valence-electron chi connectivity index (χ4n) is 3.52. The molecule has 0 spiro atoms. The number of likely N-dealkylation sites (N-methyl/N-ethyl adjacent to an activating group) is 1. The Labute approximate surface area is 129 Å². The van der Waals surface area contributed by atoms with Crippen LogP contribution in [0, 0.1) is 5.92 Å². The minimum Gasteiger partial charge on any atom is -0.385 e. The molecule has 1 aliphatic carbocycles. The van der Waals surface area contributed by atoms with E-state index < -0.39 is 0 Å². The topological polar surface area (TPSA) is 67.6 Å². The fourth-order valence-corrected chi connectivity index (χ4v) is 3.52. The molecule has 21 heavy (non-hydrogen) atoms. The van der Waals surface area contributed by atoms with Crippen molar-refractivity contribution in [2.24, 2.45) is 11.7 Å².